The van der Waals surface area contributed by atoms with Crippen molar-refractivity contribution in [3.63, 3.8) is 0 Å². The Morgan fingerprint density at radius 3 is 2.88 bits per heavy atom. The van der Waals surface area contributed by atoms with E-state index in [0.29, 0.717) is 5.56 Å². The van der Waals surface area contributed by atoms with Gasteiger partial charge in [-0.1, -0.05) is 25.1 Å². The third-order valence-electron chi connectivity index (χ3n) is 3.05. The maximum atomic E-state index is 13.1. The van der Waals surface area contributed by atoms with E-state index < -0.39 is 0 Å². The quantitative estimate of drug-likeness (QED) is 0.603. The van der Waals surface area contributed by atoms with Crippen LogP contribution in [0.2, 0.25) is 0 Å². The van der Waals surface area contributed by atoms with E-state index in [1.165, 1.54) is 31.4 Å². The summed E-state index contributed by atoms with van der Waals surface area (Å²) in [5.41, 5.74) is 6.99. The summed E-state index contributed by atoms with van der Waals surface area (Å²) in [5.74, 6) is 0.636. The van der Waals surface area contributed by atoms with Gasteiger partial charge in [0, 0.05) is 17.8 Å². The van der Waals surface area contributed by atoms with Gasteiger partial charge in [-0.25, -0.2) is 4.39 Å². The SMILES string of the molecule is NC(=S)c1cc(F)ccc1NCCCC1CC1. The summed E-state index contributed by atoms with van der Waals surface area (Å²) in [7, 11) is 0. The number of hydrogen-bond donors (Lipinski definition) is 2. The van der Waals surface area contributed by atoms with E-state index in [1.807, 2.05) is 0 Å². The molecule has 0 bridgehead atoms. The number of rotatable bonds is 6. The molecular weight excluding hydrogens is 235 g/mol. The van der Waals surface area contributed by atoms with Crippen molar-refractivity contribution >= 4 is 22.9 Å². The smallest absolute Gasteiger partial charge is 0.124 e. The molecule has 17 heavy (non-hydrogen) atoms. The van der Waals surface area contributed by atoms with Crippen LogP contribution in [0.1, 0.15) is 31.2 Å². The number of benzene rings is 1. The van der Waals surface area contributed by atoms with Gasteiger partial charge in [-0.15, -0.1) is 0 Å². The first-order chi connectivity index (χ1) is 8.16. The monoisotopic (exact) mass is 252 g/mol. The molecule has 1 aliphatic rings. The predicted molar refractivity (Wildman–Crippen MR) is 72.7 cm³/mol. The van der Waals surface area contributed by atoms with Crippen molar-refractivity contribution in [2.45, 2.75) is 25.7 Å². The minimum absolute atomic E-state index is 0.231. The molecule has 0 atom stereocenters. The van der Waals surface area contributed by atoms with E-state index in [4.69, 9.17) is 18.0 Å². The molecule has 0 aromatic heterocycles. The Kier molecular flexibility index (Phi) is 3.94. The topological polar surface area (TPSA) is 38.0 Å². The molecule has 1 aromatic rings. The molecule has 0 heterocycles. The first kappa shape index (κ1) is 12.3. The van der Waals surface area contributed by atoms with Crippen LogP contribution >= 0.6 is 12.2 Å². The Morgan fingerprint density at radius 2 is 2.24 bits per heavy atom. The minimum Gasteiger partial charge on any atom is -0.389 e. The lowest BCUT2D eigenvalue weighted by molar-refractivity contribution is 0.627. The van der Waals surface area contributed by atoms with Gasteiger partial charge in [0.1, 0.15) is 10.8 Å². The standard InChI is InChI=1S/C13H17FN2S/c14-10-5-6-12(11(8-10)13(15)17)16-7-1-2-9-3-4-9/h5-6,8-9,16H,1-4,7H2,(H2,15,17). The minimum atomic E-state index is -0.309. The summed E-state index contributed by atoms with van der Waals surface area (Å²) >= 11 is 4.91. The fourth-order valence-electron chi connectivity index (χ4n) is 1.89. The van der Waals surface area contributed by atoms with Crippen LogP contribution in [0.4, 0.5) is 10.1 Å². The molecule has 0 radical (unpaired) electrons. The maximum absolute atomic E-state index is 13.1. The van der Waals surface area contributed by atoms with Crippen LogP contribution in [0.25, 0.3) is 0 Å². The van der Waals surface area contributed by atoms with Gasteiger partial charge in [0.15, 0.2) is 0 Å². The van der Waals surface area contributed by atoms with Gasteiger partial charge in [-0.2, -0.15) is 0 Å². The van der Waals surface area contributed by atoms with E-state index in [1.54, 1.807) is 6.07 Å². The Labute approximate surface area is 106 Å². The lowest BCUT2D eigenvalue weighted by Crippen LogP contribution is -2.14. The number of hydrogen-bond acceptors (Lipinski definition) is 2. The van der Waals surface area contributed by atoms with Gasteiger partial charge in [0.2, 0.25) is 0 Å². The highest BCUT2D eigenvalue weighted by molar-refractivity contribution is 7.80. The van der Waals surface area contributed by atoms with Crippen LogP contribution < -0.4 is 11.1 Å². The molecule has 0 amide bonds. The van der Waals surface area contributed by atoms with Crippen molar-refractivity contribution in [1.82, 2.24) is 0 Å². The van der Waals surface area contributed by atoms with Gasteiger partial charge in [0.25, 0.3) is 0 Å². The maximum Gasteiger partial charge on any atom is 0.124 e. The van der Waals surface area contributed by atoms with E-state index in [-0.39, 0.29) is 10.8 Å². The molecule has 0 unspecified atom stereocenters. The van der Waals surface area contributed by atoms with E-state index in [0.717, 1.165) is 24.6 Å². The molecule has 4 heteroatoms. The first-order valence-electron chi connectivity index (χ1n) is 6.00. The Morgan fingerprint density at radius 1 is 1.47 bits per heavy atom. The molecule has 2 nitrogen and oxygen atoms in total. The van der Waals surface area contributed by atoms with Gasteiger partial charge < -0.3 is 11.1 Å². The largest absolute Gasteiger partial charge is 0.389 e. The zero-order valence-electron chi connectivity index (χ0n) is 9.71. The normalized spacial score (nSPS) is 14.6. The van der Waals surface area contributed by atoms with Crippen LogP contribution in [-0.2, 0) is 0 Å². The van der Waals surface area contributed by atoms with Crippen LogP contribution in [-0.4, -0.2) is 11.5 Å². The molecule has 1 saturated carbocycles. The second-order valence-electron chi connectivity index (χ2n) is 4.57. The van der Waals surface area contributed by atoms with Crippen molar-refractivity contribution in [2.75, 3.05) is 11.9 Å². The van der Waals surface area contributed by atoms with E-state index in [9.17, 15) is 4.39 Å². The molecule has 1 aromatic carbocycles. The first-order valence-corrected chi connectivity index (χ1v) is 6.41. The molecule has 0 saturated heterocycles. The van der Waals surface area contributed by atoms with Gasteiger partial charge in [0.05, 0.1) is 0 Å². The van der Waals surface area contributed by atoms with E-state index in [2.05, 4.69) is 5.32 Å². The molecule has 1 fully saturated rings. The fraction of sp³-hybridized carbons (Fsp3) is 0.462. The highest BCUT2D eigenvalue weighted by Crippen LogP contribution is 2.33. The van der Waals surface area contributed by atoms with Crippen molar-refractivity contribution in [2.24, 2.45) is 11.7 Å². The zero-order chi connectivity index (χ0) is 12.3. The Balaban J connectivity index is 1.91. The highest BCUT2D eigenvalue weighted by Gasteiger charge is 2.20. The zero-order valence-corrected chi connectivity index (χ0v) is 10.5. The van der Waals surface area contributed by atoms with Gasteiger partial charge >= 0.3 is 0 Å². The summed E-state index contributed by atoms with van der Waals surface area (Å²) in [6.07, 6.45) is 5.18. The Hall–Kier alpha value is -1.16. The third kappa shape index (κ3) is 3.66. The number of thiocarbonyl (C=S) groups is 1. The Bertz CT molecular complexity index is 416. The number of nitrogens with two attached hydrogens (primary N) is 1. The second kappa shape index (κ2) is 5.45. The van der Waals surface area contributed by atoms with Crippen LogP contribution in [0, 0.1) is 11.7 Å². The molecule has 1 aliphatic carbocycles. The number of nitrogens with one attached hydrogen (secondary N) is 1. The van der Waals surface area contributed by atoms with Crippen LogP contribution in [0.15, 0.2) is 18.2 Å². The lowest BCUT2D eigenvalue weighted by atomic mass is 10.1. The second-order valence-corrected chi connectivity index (χ2v) is 5.01. The molecule has 2 rings (SSSR count). The summed E-state index contributed by atoms with van der Waals surface area (Å²) in [4.78, 5) is 0.231. The predicted octanol–water partition coefficient (Wildman–Crippen LogP) is 3.06. The lowest BCUT2D eigenvalue weighted by Gasteiger charge is -2.11. The molecule has 3 N–H and O–H groups in total. The van der Waals surface area contributed by atoms with Crippen LogP contribution in [0.5, 0.6) is 0 Å². The van der Waals surface area contributed by atoms with Gasteiger partial charge in [-0.3, -0.25) is 0 Å². The fourth-order valence-corrected chi connectivity index (χ4v) is 2.06. The highest BCUT2D eigenvalue weighted by atomic mass is 32.1. The van der Waals surface area contributed by atoms with Crippen molar-refractivity contribution < 1.29 is 4.39 Å². The van der Waals surface area contributed by atoms with Crippen molar-refractivity contribution in [1.29, 1.82) is 0 Å². The van der Waals surface area contributed by atoms with Crippen molar-refractivity contribution in [3.05, 3.63) is 29.6 Å². The molecule has 0 aliphatic heterocycles. The average molecular weight is 252 g/mol. The summed E-state index contributed by atoms with van der Waals surface area (Å²) in [6.45, 7) is 0.887. The van der Waals surface area contributed by atoms with Gasteiger partial charge in [-0.05, 0) is 37.0 Å². The van der Waals surface area contributed by atoms with Crippen molar-refractivity contribution in [3.8, 4) is 0 Å². The average Bonchev–Trinajstić information content (AvgIpc) is 3.09. The third-order valence-corrected chi connectivity index (χ3v) is 3.27. The number of anilines is 1. The summed E-state index contributed by atoms with van der Waals surface area (Å²) < 4.78 is 13.1. The molecule has 0 spiro atoms. The summed E-state index contributed by atoms with van der Waals surface area (Å²) in [6, 6.07) is 4.50. The summed E-state index contributed by atoms with van der Waals surface area (Å²) in [5, 5.41) is 3.27. The van der Waals surface area contributed by atoms with E-state index >= 15 is 0 Å². The van der Waals surface area contributed by atoms with Crippen LogP contribution in [0.3, 0.4) is 0 Å². The molecule has 92 valence electrons. The number of halogens is 1. The molecular formula is C13H17FN2S.